The lowest BCUT2D eigenvalue weighted by molar-refractivity contribution is -0.131. The molecule has 1 amide bonds. The molecule has 1 aromatic carbocycles. The molecule has 0 radical (unpaired) electrons. The van der Waals surface area contributed by atoms with E-state index in [2.05, 4.69) is 5.32 Å². The molecule has 0 bridgehead atoms. The summed E-state index contributed by atoms with van der Waals surface area (Å²) in [6.07, 6.45) is 4.04. The normalized spacial score (nSPS) is 22.8. The largest absolute Gasteiger partial charge is 0.485 e. The Morgan fingerprint density at radius 3 is 2.67 bits per heavy atom. The second kappa shape index (κ2) is 4.88. The molecule has 1 fully saturated rings. The van der Waals surface area contributed by atoms with E-state index in [9.17, 15) is 4.79 Å². The van der Waals surface area contributed by atoms with E-state index in [-0.39, 0.29) is 12.5 Å². The van der Waals surface area contributed by atoms with E-state index in [4.69, 9.17) is 9.47 Å². The zero-order chi connectivity index (χ0) is 12.4. The molecule has 4 heteroatoms. The van der Waals surface area contributed by atoms with E-state index in [1.54, 1.807) is 0 Å². The molecule has 1 saturated carbocycles. The third-order valence-corrected chi connectivity index (χ3v) is 3.50. The third kappa shape index (κ3) is 2.28. The fourth-order valence-corrected chi connectivity index (χ4v) is 2.51. The van der Waals surface area contributed by atoms with Crippen molar-refractivity contribution in [3.05, 3.63) is 24.3 Å². The molecule has 3 rings (SSSR count). The van der Waals surface area contributed by atoms with Gasteiger partial charge in [0.15, 0.2) is 11.5 Å². The molecule has 0 unspecified atom stereocenters. The molecule has 0 saturated heterocycles. The number of benzene rings is 1. The van der Waals surface area contributed by atoms with Gasteiger partial charge >= 0.3 is 0 Å². The van der Waals surface area contributed by atoms with Crippen LogP contribution >= 0.6 is 0 Å². The van der Waals surface area contributed by atoms with Gasteiger partial charge in [0.2, 0.25) is 6.10 Å². The molecule has 1 aliphatic carbocycles. The maximum Gasteiger partial charge on any atom is 0.264 e. The summed E-state index contributed by atoms with van der Waals surface area (Å²) in [5, 5.41) is 3.04. The summed E-state index contributed by atoms with van der Waals surface area (Å²) >= 11 is 0. The van der Waals surface area contributed by atoms with Gasteiger partial charge in [-0.2, -0.15) is 0 Å². The van der Waals surface area contributed by atoms with Gasteiger partial charge in [0.05, 0.1) is 0 Å². The Kier molecular flexibility index (Phi) is 3.09. The number of rotatable bonds is 2. The molecule has 2 aliphatic rings. The first-order valence-corrected chi connectivity index (χ1v) is 6.52. The Hall–Kier alpha value is -1.71. The molecule has 18 heavy (non-hydrogen) atoms. The molecule has 0 spiro atoms. The predicted molar refractivity (Wildman–Crippen MR) is 66.8 cm³/mol. The third-order valence-electron chi connectivity index (χ3n) is 3.50. The van der Waals surface area contributed by atoms with Crippen molar-refractivity contribution in [2.45, 2.75) is 37.8 Å². The van der Waals surface area contributed by atoms with E-state index in [1.807, 2.05) is 24.3 Å². The number of amides is 1. The molecule has 1 N–H and O–H groups in total. The van der Waals surface area contributed by atoms with Crippen molar-refractivity contribution in [2.24, 2.45) is 0 Å². The number of para-hydroxylation sites is 2. The van der Waals surface area contributed by atoms with E-state index < -0.39 is 6.10 Å². The Balaban J connectivity index is 1.62. The van der Waals surface area contributed by atoms with Gasteiger partial charge in [-0.05, 0) is 25.0 Å². The maximum absolute atomic E-state index is 12.0. The summed E-state index contributed by atoms with van der Waals surface area (Å²) in [6.45, 7) is 0.287. The zero-order valence-electron chi connectivity index (χ0n) is 10.2. The molecule has 1 aliphatic heterocycles. The van der Waals surface area contributed by atoms with Gasteiger partial charge in [-0.1, -0.05) is 25.0 Å². The van der Waals surface area contributed by atoms with Crippen molar-refractivity contribution < 1.29 is 14.3 Å². The first-order chi connectivity index (χ1) is 8.83. The minimum Gasteiger partial charge on any atom is -0.485 e. The van der Waals surface area contributed by atoms with Crippen LogP contribution in [0.2, 0.25) is 0 Å². The van der Waals surface area contributed by atoms with Gasteiger partial charge in [0, 0.05) is 6.04 Å². The van der Waals surface area contributed by atoms with Gasteiger partial charge in [-0.3, -0.25) is 4.79 Å². The van der Waals surface area contributed by atoms with Crippen LogP contribution in [-0.2, 0) is 4.79 Å². The van der Waals surface area contributed by atoms with Crippen molar-refractivity contribution in [2.75, 3.05) is 6.61 Å². The monoisotopic (exact) mass is 247 g/mol. The van der Waals surface area contributed by atoms with Gasteiger partial charge in [0.1, 0.15) is 6.61 Å². The van der Waals surface area contributed by atoms with Crippen molar-refractivity contribution in [3.63, 3.8) is 0 Å². The smallest absolute Gasteiger partial charge is 0.264 e. The molecule has 4 nitrogen and oxygen atoms in total. The van der Waals surface area contributed by atoms with Crippen molar-refractivity contribution in [1.82, 2.24) is 5.32 Å². The fraction of sp³-hybridized carbons (Fsp3) is 0.500. The fourth-order valence-electron chi connectivity index (χ4n) is 2.51. The maximum atomic E-state index is 12.0. The van der Waals surface area contributed by atoms with Crippen LogP contribution in [0, 0.1) is 0 Å². The number of hydrogen-bond donors (Lipinski definition) is 1. The van der Waals surface area contributed by atoms with Gasteiger partial charge in [-0.15, -0.1) is 0 Å². The second-order valence-corrected chi connectivity index (χ2v) is 4.85. The Morgan fingerprint density at radius 1 is 1.17 bits per heavy atom. The van der Waals surface area contributed by atoms with Gasteiger partial charge in [0.25, 0.3) is 5.91 Å². The summed E-state index contributed by atoms with van der Waals surface area (Å²) in [5.74, 6) is 1.30. The quantitative estimate of drug-likeness (QED) is 0.868. The van der Waals surface area contributed by atoms with Crippen molar-refractivity contribution in [3.8, 4) is 11.5 Å². The Morgan fingerprint density at radius 2 is 1.89 bits per heavy atom. The van der Waals surface area contributed by atoms with Gasteiger partial charge in [-0.25, -0.2) is 0 Å². The lowest BCUT2D eigenvalue weighted by atomic mass is 10.2. The zero-order valence-corrected chi connectivity index (χ0v) is 10.2. The molecule has 1 atom stereocenters. The average molecular weight is 247 g/mol. The van der Waals surface area contributed by atoms with Crippen LogP contribution in [0.4, 0.5) is 0 Å². The number of carbonyl (C=O) groups is 1. The van der Waals surface area contributed by atoms with Crippen LogP contribution < -0.4 is 14.8 Å². The summed E-state index contributed by atoms with van der Waals surface area (Å²) < 4.78 is 11.2. The minimum absolute atomic E-state index is 0.0589. The summed E-state index contributed by atoms with van der Waals surface area (Å²) in [4.78, 5) is 12.0. The number of ether oxygens (including phenoxy) is 2. The molecule has 96 valence electrons. The highest BCUT2D eigenvalue weighted by Crippen LogP contribution is 2.31. The van der Waals surface area contributed by atoms with Crippen LogP contribution in [0.3, 0.4) is 0 Å². The van der Waals surface area contributed by atoms with Crippen LogP contribution in [0.1, 0.15) is 25.7 Å². The summed E-state index contributed by atoms with van der Waals surface area (Å²) in [7, 11) is 0. The first-order valence-electron chi connectivity index (χ1n) is 6.52. The Labute approximate surface area is 106 Å². The molecule has 1 heterocycles. The lowest BCUT2D eigenvalue weighted by Crippen LogP contribution is -2.46. The highest BCUT2D eigenvalue weighted by atomic mass is 16.6. The summed E-state index contributed by atoms with van der Waals surface area (Å²) in [5.41, 5.74) is 0. The molecular weight excluding hydrogens is 230 g/mol. The number of fused-ring (bicyclic) bond motifs is 1. The number of nitrogens with one attached hydrogen (secondary N) is 1. The van der Waals surface area contributed by atoms with E-state index in [0.717, 1.165) is 12.8 Å². The molecule has 0 aromatic heterocycles. The van der Waals surface area contributed by atoms with Crippen LogP contribution in [0.5, 0.6) is 11.5 Å². The predicted octanol–water partition coefficient (Wildman–Crippen LogP) is 1.89. The van der Waals surface area contributed by atoms with Crippen molar-refractivity contribution >= 4 is 5.91 Å². The average Bonchev–Trinajstić information content (AvgIpc) is 2.91. The van der Waals surface area contributed by atoms with Crippen LogP contribution in [0.25, 0.3) is 0 Å². The highest BCUT2D eigenvalue weighted by Gasteiger charge is 2.29. The SMILES string of the molecule is O=C(NC1CCCC1)[C@H]1COc2ccccc2O1. The minimum atomic E-state index is -0.527. The summed E-state index contributed by atoms with van der Waals surface area (Å²) in [6, 6.07) is 7.75. The van der Waals surface area contributed by atoms with E-state index in [0.29, 0.717) is 17.5 Å². The van der Waals surface area contributed by atoms with E-state index >= 15 is 0 Å². The highest BCUT2D eigenvalue weighted by molar-refractivity contribution is 5.82. The van der Waals surface area contributed by atoms with Gasteiger partial charge < -0.3 is 14.8 Å². The molecular formula is C14H17NO3. The van der Waals surface area contributed by atoms with Crippen LogP contribution in [0.15, 0.2) is 24.3 Å². The number of carbonyl (C=O) groups excluding carboxylic acids is 1. The standard InChI is InChI=1S/C14H17NO3/c16-14(15-10-5-1-2-6-10)13-9-17-11-7-3-4-8-12(11)18-13/h3-4,7-8,10,13H,1-2,5-6,9H2,(H,15,16)/t13-/m1/s1. The van der Waals surface area contributed by atoms with E-state index in [1.165, 1.54) is 12.8 Å². The number of hydrogen-bond acceptors (Lipinski definition) is 3. The molecule has 1 aromatic rings. The second-order valence-electron chi connectivity index (χ2n) is 4.85. The Bertz CT molecular complexity index is 440. The first kappa shape index (κ1) is 11.4. The lowest BCUT2D eigenvalue weighted by Gasteiger charge is -2.26. The van der Waals surface area contributed by atoms with Crippen molar-refractivity contribution in [1.29, 1.82) is 0 Å². The van der Waals surface area contributed by atoms with Crippen LogP contribution in [-0.4, -0.2) is 24.7 Å². The topological polar surface area (TPSA) is 47.6 Å².